The minimum atomic E-state index is -1.12. The molecule has 0 bridgehead atoms. The van der Waals surface area contributed by atoms with Gasteiger partial charge in [-0.2, -0.15) is 0 Å². The van der Waals surface area contributed by atoms with Crippen molar-refractivity contribution in [3.8, 4) is 16.9 Å². The number of ether oxygens (including phenoxy) is 1. The lowest BCUT2D eigenvalue weighted by Crippen LogP contribution is -2.15. The van der Waals surface area contributed by atoms with E-state index >= 15 is 0 Å². The van der Waals surface area contributed by atoms with Crippen LogP contribution < -0.4 is 10.1 Å². The number of hydrogen-bond acceptors (Lipinski definition) is 3. The van der Waals surface area contributed by atoms with Gasteiger partial charge in [0.2, 0.25) is 0 Å². The second-order valence-corrected chi connectivity index (χ2v) is 5.61. The highest BCUT2D eigenvalue weighted by atomic mass is 16.5. The number of carbonyl (C=O) groups excluding carboxylic acids is 1. The van der Waals surface area contributed by atoms with Crippen LogP contribution in [-0.2, 0) is 0 Å². The van der Waals surface area contributed by atoms with Crippen molar-refractivity contribution in [2.45, 2.75) is 0 Å². The van der Waals surface area contributed by atoms with Gasteiger partial charge in [0.15, 0.2) is 0 Å². The number of nitrogens with one attached hydrogen (secondary N) is 1. The van der Waals surface area contributed by atoms with E-state index in [2.05, 4.69) is 5.32 Å². The van der Waals surface area contributed by atoms with Crippen LogP contribution in [0, 0.1) is 0 Å². The molecule has 1 amide bonds. The molecule has 0 radical (unpaired) electrons. The number of carboxylic acid groups (broad SMARTS) is 1. The van der Waals surface area contributed by atoms with E-state index in [1.165, 1.54) is 25.3 Å². The predicted molar refractivity (Wildman–Crippen MR) is 99.8 cm³/mol. The van der Waals surface area contributed by atoms with E-state index in [0.717, 1.165) is 11.1 Å². The Bertz CT molecular complexity index is 934. The van der Waals surface area contributed by atoms with E-state index < -0.39 is 5.97 Å². The number of rotatable bonds is 5. The first-order chi connectivity index (χ1) is 12.6. The molecule has 5 nitrogen and oxygen atoms in total. The van der Waals surface area contributed by atoms with Gasteiger partial charge in [-0.3, -0.25) is 4.79 Å². The third kappa shape index (κ3) is 3.72. The monoisotopic (exact) mass is 347 g/mol. The number of methoxy groups -OCH3 is 1. The van der Waals surface area contributed by atoms with Gasteiger partial charge in [0.25, 0.3) is 5.91 Å². The lowest BCUT2D eigenvalue weighted by atomic mass is 10.0. The summed E-state index contributed by atoms with van der Waals surface area (Å²) in [6, 6.07) is 21.4. The largest absolute Gasteiger partial charge is 0.497 e. The molecular formula is C21H17NO4. The quantitative estimate of drug-likeness (QED) is 0.721. The number of amides is 1. The fraction of sp³-hybridized carbons (Fsp3) is 0.0476. The second kappa shape index (κ2) is 7.53. The maximum atomic E-state index is 12.5. The molecule has 0 aliphatic rings. The van der Waals surface area contributed by atoms with Gasteiger partial charge in [0.05, 0.1) is 18.4 Å². The molecule has 3 rings (SSSR count). The number of anilines is 1. The molecule has 0 atom stereocenters. The van der Waals surface area contributed by atoms with Gasteiger partial charge >= 0.3 is 5.97 Å². The van der Waals surface area contributed by atoms with E-state index in [1.807, 2.05) is 42.5 Å². The van der Waals surface area contributed by atoms with E-state index in [0.29, 0.717) is 11.3 Å². The summed E-state index contributed by atoms with van der Waals surface area (Å²) in [5, 5.41) is 11.9. The van der Waals surface area contributed by atoms with Crippen molar-refractivity contribution in [2.24, 2.45) is 0 Å². The Morgan fingerprint density at radius 2 is 1.54 bits per heavy atom. The fourth-order valence-electron chi connectivity index (χ4n) is 2.58. The summed E-state index contributed by atoms with van der Waals surface area (Å²) < 4.78 is 5.10. The highest BCUT2D eigenvalue weighted by Gasteiger charge is 2.15. The number of hydrogen-bond donors (Lipinski definition) is 2. The molecule has 130 valence electrons. The summed E-state index contributed by atoms with van der Waals surface area (Å²) >= 11 is 0. The molecule has 0 saturated carbocycles. The Hall–Kier alpha value is -3.60. The maximum Gasteiger partial charge on any atom is 0.337 e. The molecule has 0 unspecified atom stereocenters. The zero-order valence-corrected chi connectivity index (χ0v) is 14.1. The summed E-state index contributed by atoms with van der Waals surface area (Å²) in [5.74, 6) is -1.05. The molecule has 2 N–H and O–H groups in total. The van der Waals surface area contributed by atoms with Crippen LogP contribution in [-0.4, -0.2) is 24.1 Å². The van der Waals surface area contributed by atoms with Crippen LogP contribution in [0.2, 0.25) is 0 Å². The van der Waals surface area contributed by atoms with Gasteiger partial charge < -0.3 is 15.2 Å². The summed E-state index contributed by atoms with van der Waals surface area (Å²) in [4.78, 5) is 23.8. The first kappa shape index (κ1) is 17.2. The Morgan fingerprint density at radius 3 is 2.15 bits per heavy atom. The molecule has 0 aliphatic heterocycles. The van der Waals surface area contributed by atoms with Crippen LogP contribution in [0.5, 0.6) is 5.75 Å². The Labute approximate surface area is 150 Å². The SMILES string of the molecule is COc1ccc(C(=O)O)c(NC(=O)c2ccc(-c3ccccc3)cc2)c1. The van der Waals surface area contributed by atoms with Crippen molar-refractivity contribution in [2.75, 3.05) is 12.4 Å². The standard InChI is InChI=1S/C21H17NO4/c1-26-17-11-12-18(21(24)25)19(13-17)22-20(23)16-9-7-15(8-10-16)14-5-3-2-4-6-14/h2-13H,1H3,(H,22,23)(H,24,25). The summed E-state index contributed by atoms with van der Waals surface area (Å²) in [5.41, 5.74) is 2.67. The molecular weight excluding hydrogens is 330 g/mol. The van der Waals surface area contributed by atoms with E-state index in [-0.39, 0.29) is 17.2 Å². The summed E-state index contributed by atoms with van der Waals surface area (Å²) in [6.07, 6.45) is 0. The van der Waals surface area contributed by atoms with Crippen molar-refractivity contribution in [1.82, 2.24) is 0 Å². The lowest BCUT2D eigenvalue weighted by Gasteiger charge is -2.11. The molecule has 26 heavy (non-hydrogen) atoms. The number of benzene rings is 3. The van der Waals surface area contributed by atoms with Gasteiger partial charge in [-0.25, -0.2) is 4.79 Å². The molecule has 0 saturated heterocycles. The smallest absolute Gasteiger partial charge is 0.337 e. The number of aromatic carboxylic acids is 1. The first-order valence-corrected chi connectivity index (χ1v) is 7.96. The second-order valence-electron chi connectivity index (χ2n) is 5.61. The van der Waals surface area contributed by atoms with Gasteiger partial charge in [0, 0.05) is 11.6 Å². The highest BCUT2D eigenvalue weighted by Crippen LogP contribution is 2.24. The Balaban J connectivity index is 1.83. The van der Waals surface area contributed by atoms with Crippen molar-refractivity contribution in [3.05, 3.63) is 83.9 Å². The third-order valence-electron chi connectivity index (χ3n) is 3.96. The average molecular weight is 347 g/mol. The average Bonchev–Trinajstić information content (AvgIpc) is 2.68. The van der Waals surface area contributed by atoms with E-state index in [4.69, 9.17) is 4.74 Å². The molecule has 3 aromatic carbocycles. The number of carbonyl (C=O) groups is 2. The molecule has 0 heterocycles. The van der Waals surface area contributed by atoms with E-state index in [9.17, 15) is 14.7 Å². The molecule has 0 aromatic heterocycles. The van der Waals surface area contributed by atoms with Crippen LogP contribution in [0.15, 0.2) is 72.8 Å². The van der Waals surface area contributed by atoms with Crippen molar-refractivity contribution < 1.29 is 19.4 Å². The normalized spacial score (nSPS) is 10.2. The Morgan fingerprint density at radius 1 is 0.885 bits per heavy atom. The fourth-order valence-corrected chi connectivity index (χ4v) is 2.58. The number of carboxylic acids is 1. The van der Waals surface area contributed by atoms with Crippen LogP contribution in [0.1, 0.15) is 20.7 Å². The topological polar surface area (TPSA) is 75.6 Å². The summed E-state index contributed by atoms with van der Waals surface area (Å²) in [6.45, 7) is 0. The minimum absolute atomic E-state index is 0.0000516. The molecule has 5 heteroatoms. The van der Waals surface area contributed by atoms with Crippen molar-refractivity contribution >= 4 is 17.6 Å². The van der Waals surface area contributed by atoms with Crippen LogP contribution in [0.25, 0.3) is 11.1 Å². The first-order valence-electron chi connectivity index (χ1n) is 7.96. The van der Waals surface area contributed by atoms with Crippen LogP contribution in [0.3, 0.4) is 0 Å². The molecule has 3 aromatic rings. The molecule has 0 spiro atoms. The molecule has 0 aliphatic carbocycles. The third-order valence-corrected chi connectivity index (χ3v) is 3.96. The Kier molecular flexibility index (Phi) is 4.99. The van der Waals surface area contributed by atoms with Gasteiger partial charge in [-0.05, 0) is 35.4 Å². The summed E-state index contributed by atoms with van der Waals surface area (Å²) in [7, 11) is 1.48. The maximum absolute atomic E-state index is 12.5. The van der Waals surface area contributed by atoms with Gasteiger partial charge in [-0.15, -0.1) is 0 Å². The lowest BCUT2D eigenvalue weighted by molar-refractivity contribution is 0.0698. The van der Waals surface area contributed by atoms with Crippen molar-refractivity contribution in [3.63, 3.8) is 0 Å². The molecule has 0 fully saturated rings. The van der Waals surface area contributed by atoms with Gasteiger partial charge in [-0.1, -0.05) is 42.5 Å². The minimum Gasteiger partial charge on any atom is -0.497 e. The van der Waals surface area contributed by atoms with Crippen LogP contribution >= 0.6 is 0 Å². The predicted octanol–water partition coefficient (Wildman–Crippen LogP) is 4.31. The zero-order chi connectivity index (χ0) is 18.5. The highest BCUT2D eigenvalue weighted by molar-refractivity contribution is 6.08. The van der Waals surface area contributed by atoms with Crippen molar-refractivity contribution in [1.29, 1.82) is 0 Å². The van der Waals surface area contributed by atoms with E-state index in [1.54, 1.807) is 12.1 Å². The van der Waals surface area contributed by atoms with Gasteiger partial charge in [0.1, 0.15) is 5.75 Å². The van der Waals surface area contributed by atoms with Crippen LogP contribution in [0.4, 0.5) is 5.69 Å². The zero-order valence-electron chi connectivity index (χ0n) is 14.1.